The third kappa shape index (κ3) is 3.72. The second kappa shape index (κ2) is 7.00. The number of amides is 3. The van der Waals surface area contributed by atoms with E-state index in [4.69, 9.17) is 16.0 Å². The summed E-state index contributed by atoms with van der Waals surface area (Å²) in [7, 11) is 0. The highest BCUT2D eigenvalue weighted by molar-refractivity contribution is 6.32. The standard InChI is InChI=1S/C20H23ClN2O4/c1-11(2)5-6-20(4)18(25)23(19(26)22-20)10-13-8-17(24)27-16-7-12(3)15(21)9-14(13)16/h7-9,11H,5-6,10H2,1-4H3,(H,22,26)/t20-/m0/s1. The zero-order valence-electron chi connectivity index (χ0n) is 15.9. The average Bonchev–Trinajstić information content (AvgIpc) is 2.78. The molecule has 6 nitrogen and oxygen atoms in total. The molecular weight excluding hydrogens is 368 g/mol. The molecule has 7 heteroatoms. The van der Waals surface area contributed by atoms with Crippen molar-refractivity contribution in [2.45, 2.75) is 52.6 Å². The first-order chi connectivity index (χ1) is 12.6. The minimum absolute atomic E-state index is 0.0105. The van der Waals surface area contributed by atoms with E-state index in [1.54, 1.807) is 19.1 Å². The zero-order chi connectivity index (χ0) is 19.9. The molecule has 0 bridgehead atoms. The Morgan fingerprint density at radius 2 is 1.93 bits per heavy atom. The number of urea groups is 1. The van der Waals surface area contributed by atoms with Crippen LogP contribution in [0.2, 0.25) is 5.02 Å². The van der Waals surface area contributed by atoms with Crippen LogP contribution in [0.3, 0.4) is 0 Å². The van der Waals surface area contributed by atoms with E-state index in [2.05, 4.69) is 19.2 Å². The summed E-state index contributed by atoms with van der Waals surface area (Å²) in [4.78, 5) is 38.5. The van der Waals surface area contributed by atoms with Crippen LogP contribution in [0, 0.1) is 12.8 Å². The summed E-state index contributed by atoms with van der Waals surface area (Å²) < 4.78 is 5.24. The van der Waals surface area contributed by atoms with E-state index in [9.17, 15) is 14.4 Å². The second-order valence-corrected chi connectivity index (χ2v) is 8.18. The lowest BCUT2D eigenvalue weighted by Gasteiger charge is -2.22. The summed E-state index contributed by atoms with van der Waals surface area (Å²) >= 11 is 6.21. The fourth-order valence-electron chi connectivity index (χ4n) is 3.29. The van der Waals surface area contributed by atoms with Crippen LogP contribution < -0.4 is 10.9 Å². The minimum Gasteiger partial charge on any atom is -0.423 e. The van der Waals surface area contributed by atoms with E-state index in [1.165, 1.54) is 6.07 Å². The summed E-state index contributed by atoms with van der Waals surface area (Å²) in [6, 6.07) is 4.23. The highest BCUT2D eigenvalue weighted by atomic mass is 35.5. The number of imide groups is 1. The molecule has 144 valence electrons. The number of halogens is 1. The van der Waals surface area contributed by atoms with Crippen LogP contribution in [-0.4, -0.2) is 22.4 Å². The molecule has 1 aliphatic heterocycles. The SMILES string of the molecule is Cc1cc2oc(=O)cc(CN3C(=O)N[C@@](C)(CCC(C)C)C3=O)c2cc1Cl. The van der Waals surface area contributed by atoms with E-state index in [1.807, 2.05) is 6.92 Å². The number of rotatable bonds is 5. The number of nitrogens with one attached hydrogen (secondary N) is 1. The Bertz CT molecular complexity index is 982. The number of carbonyl (C=O) groups excluding carboxylic acids is 2. The Labute approximate surface area is 162 Å². The molecule has 0 radical (unpaired) electrons. The quantitative estimate of drug-likeness (QED) is 0.618. The minimum atomic E-state index is -0.926. The lowest BCUT2D eigenvalue weighted by atomic mass is 9.92. The zero-order valence-corrected chi connectivity index (χ0v) is 16.6. The van der Waals surface area contributed by atoms with Crippen LogP contribution in [0.5, 0.6) is 0 Å². The third-order valence-electron chi connectivity index (χ3n) is 5.00. The first-order valence-electron chi connectivity index (χ1n) is 8.98. The number of aryl methyl sites for hydroxylation is 1. The molecule has 1 N–H and O–H groups in total. The largest absolute Gasteiger partial charge is 0.423 e. The topological polar surface area (TPSA) is 79.6 Å². The van der Waals surface area contributed by atoms with Crippen LogP contribution >= 0.6 is 11.6 Å². The number of benzene rings is 1. The van der Waals surface area contributed by atoms with E-state index in [0.717, 1.165) is 16.9 Å². The van der Waals surface area contributed by atoms with Gasteiger partial charge in [-0.05, 0) is 55.9 Å². The van der Waals surface area contributed by atoms with E-state index in [-0.39, 0.29) is 12.5 Å². The average molecular weight is 391 g/mol. The van der Waals surface area contributed by atoms with Gasteiger partial charge in [-0.2, -0.15) is 0 Å². The van der Waals surface area contributed by atoms with E-state index < -0.39 is 17.2 Å². The van der Waals surface area contributed by atoms with Crippen molar-refractivity contribution >= 4 is 34.5 Å². The molecule has 1 aromatic heterocycles. The van der Waals surface area contributed by atoms with Crippen LogP contribution in [0.4, 0.5) is 4.79 Å². The summed E-state index contributed by atoms with van der Waals surface area (Å²) in [5.41, 5.74) is 0.230. The van der Waals surface area contributed by atoms with Crippen molar-refractivity contribution in [1.29, 1.82) is 0 Å². The Balaban J connectivity index is 1.95. The van der Waals surface area contributed by atoms with Crippen molar-refractivity contribution in [3.8, 4) is 0 Å². The fraction of sp³-hybridized carbons (Fsp3) is 0.450. The molecule has 0 saturated carbocycles. The van der Waals surface area contributed by atoms with Gasteiger partial charge in [0.2, 0.25) is 0 Å². The lowest BCUT2D eigenvalue weighted by Crippen LogP contribution is -2.44. The van der Waals surface area contributed by atoms with Crippen molar-refractivity contribution in [1.82, 2.24) is 10.2 Å². The monoisotopic (exact) mass is 390 g/mol. The Kier molecular flexibility index (Phi) is 5.04. The molecule has 2 heterocycles. The van der Waals surface area contributed by atoms with Crippen LogP contribution in [0.15, 0.2) is 27.4 Å². The van der Waals surface area contributed by atoms with Gasteiger partial charge < -0.3 is 9.73 Å². The van der Waals surface area contributed by atoms with Gasteiger partial charge in [0.1, 0.15) is 11.1 Å². The van der Waals surface area contributed by atoms with Gasteiger partial charge in [0, 0.05) is 16.5 Å². The molecule has 1 atom stereocenters. The third-order valence-corrected chi connectivity index (χ3v) is 5.41. The Hall–Kier alpha value is -2.34. The molecule has 0 spiro atoms. The van der Waals surface area contributed by atoms with Gasteiger partial charge in [-0.3, -0.25) is 9.69 Å². The number of hydrogen-bond donors (Lipinski definition) is 1. The smallest absolute Gasteiger partial charge is 0.336 e. The van der Waals surface area contributed by atoms with Gasteiger partial charge in [-0.25, -0.2) is 9.59 Å². The number of nitrogens with zero attached hydrogens (tertiary/aromatic N) is 1. The Morgan fingerprint density at radius 3 is 2.59 bits per heavy atom. The molecule has 1 aromatic carbocycles. The molecule has 3 rings (SSSR count). The van der Waals surface area contributed by atoms with Crippen molar-refractivity contribution in [2.75, 3.05) is 0 Å². The first-order valence-corrected chi connectivity index (χ1v) is 9.35. The number of hydrogen-bond acceptors (Lipinski definition) is 4. The van der Waals surface area contributed by atoms with Crippen molar-refractivity contribution in [2.24, 2.45) is 5.92 Å². The highest BCUT2D eigenvalue weighted by Crippen LogP contribution is 2.29. The van der Waals surface area contributed by atoms with Crippen LogP contribution in [-0.2, 0) is 11.3 Å². The van der Waals surface area contributed by atoms with E-state index >= 15 is 0 Å². The molecule has 27 heavy (non-hydrogen) atoms. The van der Waals surface area contributed by atoms with Gasteiger partial charge in [0.15, 0.2) is 0 Å². The number of fused-ring (bicyclic) bond motifs is 1. The molecule has 3 amide bonds. The number of carbonyl (C=O) groups is 2. The summed E-state index contributed by atoms with van der Waals surface area (Å²) in [5, 5.41) is 3.94. The van der Waals surface area contributed by atoms with Gasteiger partial charge in [-0.15, -0.1) is 0 Å². The lowest BCUT2D eigenvalue weighted by molar-refractivity contribution is -0.131. The molecule has 0 unspecified atom stereocenters. The van der Waals surface area contributed by atoms with Gasteiger partial charge >= 0.3 is 11.7 Å². The first kappa shape index (κ1) is 19.4. The van der Waals surface area contributed by atoms with Crippen LogP contribution in [0.25, 0.3) is 11.0 Å². The molecule has 2 aromatic rings. The molecule has 1 aliphatic rings. The Morgan fingerprint density at radius 1 is 1.22 bits per heavy atom. The van der Waals surface area contributed by atoms with Gasteiger partial charge in [0.05, 0.1) is 6.54 Å². The van der Waals surface area contributed by atoms with Crippen molar-refractivity contribution in [3.05, 3.63) is 44.8 Å². The summed E-state index contributed by atoms with van der Waals surface area (Å²) in [6.07, 6.45) is 1.39. The van der Waals surface area contributed by atoms with E-state index in [0.29, 0.717) is 33.9 Å². The maximum atomic E-state index is 12.9. The maximum absolute atomic E-state index is 12.9. The maximum Gasteiger partial charge on any atom is 0.336 e. The normalized spacial score (nSPS) is 20.0. The predicted octanol–water partition coefficient (Wildman–Crippen LogP) is 4.00. The molecular formula is C20H23ClN2O4. The fourth-order valence-corrected chi connectivity index (χ4v) is 3.45. The second-order valence-electron chi connectivity index (χ2n) is 7.77. The molecule has 0 aliphatic carbocycles. The summed E-state index contributed by atoms with van der Waals surface area (Å²) in [5.74, 6) is 0.140. The highest BCUT2D eigenvalue weighted by Gasteiger charge is 2.47. The van der Waals surface area contributed by atoms with Crippen LogP contribution in [0.1, 0.15) is 44.7 Å². The van der Waals surface area contributed by atoms with Crippen molar-refractivity contribution < 1.29 is 14.0 Å². The van der Waals surface area contributed by atoms with Gasteiger partial charge in [0.25, 0.3) is 5.91 Å². The predicted molar refractivity (Wildman–Crippen MR) is 104 cm³/mol. The van der Waals surface area contributed by atoms with Gasteiger partial charge in [-0.1, -0.05) is 25.4 Å². The molecule has 1 fully saturated rings. The summed E-state index contributed by atoms with van der Waals surface area (Å²) in [6.45, 7) is 7.69. The van der Waals surface area contributed by atoms with Crippen molar-refractivity contribution in [3.63, 3.8) is 0 Å². The molecule has 1 saturated heterocycles.